The molecule has 0 N–H and O–H groups in total. The molecular weight excluding hydrogens is 373 g/mol. The first-order valence-corrected chi connectivity index (χ1v) is 10.4. The van der Waals surface area contributed by atoms with Crippen LogP contribution in [0.4, 0.5) is 13.2 Å². The molecule has 1 aliphatic heterocycles. The van der Waals surface area contributed by atoms with Crippen molar-refractivity contribution in [2.75, 3.05) is 13.1 Å². The van der Waals surface area contributed by atoms with Gasteiger partial charge in [-0.25, -0.2) is 4.98 Å². The number of aromatic nitrogens is 1. The van der Waals surface area contributed by atoms with Gasteiger partial charge in [-0.15, -0.1) is 24.5 Å². The van der Waals surface area contributed by atoms with Gasteiger partial charge in [0.2, 0.25) is 0 Å². The highest BCUT2D eigenvalue weighted by Gasteiger charge is 2.31. The van der Waals surface area contributed by atoms with E-state index in [0.717, 1.165) is 48.2 Å². The average Bonchev–Trinajstić information content (AvgIpc) is 3.33. The van der Waals surface area contributed by atoms with Crippen molar-refractivity contribution in [3.8, 4) is 17.0 Å². The molecule has 3 nitrogen and oxygen atoms in total. The summed E-state index contributed by atoms with van der Waals surface area (Å²) in [6.45, 7) is 2.29. The van der Waals surface area contributed by atoms with Crippen LogP contribution in [0, 0.1) is 0 Å². The molecule has 1 aromatic heterocycles. The van der Waals surface area contributed by atoms with Crippen molar-refractivity contribution >= 4 is 11.3 Å². The molecule has 7 heteroatoms. The van der Waals surface area contributed by atoms with Crippen LogP contribution in [-0.2, 0) is 0 Å². The van der Waals surface area contributed by atoms with E-state index in [1.807, 2.05) is 5.38 Å². The van der Waals surface area contributed by atoms with E-state index in [2.05, 4.69) is 9.64 Å². The van der Waals surface area contributed by atoms with Crippen molar-refractivity contribution in [1.82, 2.24) is 9.88 Å². The molecule has 0 atom stereocenters. The van der Waals surface area contributed by atoms with E-state index < -0.39 is 6.36 Å². The van der Waals surface area contributed by atoms with Gasteiger partial charge in [0, 0.05) is 22.9 Å². The zero-order valence-electron chi connectivity index (χ0n) is 15.0. The molecule has 146 valence electrons. The number of benzene rings is 1. The molecule has 1 aromatic carbocycles. The largest absolute Gasteiger partial charge is 0.573 e. The number of thiazole rings is 1. The van der Waals surface area contributed by atoms with Gasteiger partial charge in [0.15, 0.2) is 0 Å². The fourth-order valence-corrected chi connectivity index (χ4v) is 5.22. The van der Waals surface area contributed by atoms with E-state index in [1.165, 1.54) is 37.8 Å². The molecule has 0 bridgehead atoms. The molecule has 0 unspecified atom stereocenters. The standard InChI is InChI=1S/C20H23F3N2OS/c21-20(22,23)26-17-7-5-14(6-8-17)18-13-27-19(24-18)15-9-11-25(12-10-15)16-3-1-2-4-16/h5-8,13,15-16H,1-4,9-12H2. The molecule has 1 aliphatic carbocycles. The summed E-state index contributed by atoms with van der Waals surface area (Å²) in [7, 11) is 0. The van der Waals surface area contributed by atoms with E-state index in [0.29, 0.717) is 5.92 Å². The maximum Gasteiger partial charge on any atom is 0.573 e. The van der Waals surface area contributed by atoms with Crippen molar-refractivity contribution in [2.45, 2.75) is 56.8 Å². The molecule has 1 saturated heterocycles. The number of piperidine rings is 1. The Hall–Kier alpha value is -1.60. The van der Waals surface area contributed by atoms with Crippen LogP contribution in [0.25, 0.3) is 11.3 Å². The smallest absolute Gasteiger partial charge is 0.406 e. The summed E-state index contributed by atoms with van der Waals surface area (Å²) < 4.78 is 40.7. The van der Waals surface area contributed by atoms with Gasteiger partial charge in [-0.05, 0) is 63.0 Å². The Balaban J connectivity index is 1.37. The van der Waals surface area contributed by atoms with Gasteiger partial charge in [-0.1, -0.05) is 12.8 Å². The first kappa shape index (κ1) is 18.7. The third kappa shape index (κ3) is 4.63. The number of likely N-dealkylation sites (tertiary alicyclic amines) is 1. The summed E-state index contributed by atoms with van der Waals surface area (Å²) in [6.07, 6.45) is 3.05. The highest BCUT2D eigenvalue weighted by molar-refractivity contribution is 7.10. The molecular formula is C20H23F3N2OS. The normalized spacial score (nSPS) is 20.3. The predicted molar refractivity (Wildman–Crippen MR) is 100 cm³/mol. The number of hydrogen-bond acceptors (Lipinski definition) is 4. The van der Waals surface area contributed by atoms with Crippen molar-refractivity contribution in [2.24, 2.45) is 0 Å². The van der Waals surface area contributed by atoms with E-state index in [-0.39, 0.29) is 5.75 Å². The second kappa shape index (κ2) is 7.80. The topological polar surface area (TPSA) is 25.4 Å². The third-order valence-corrected chi connectivity index (χ3v) is 6.63. The lowest BCUT2D eigenvalue weighted by Crippen LogP contribution is -2.39. The lowest BCUT2D eigenvalue weighted by atomic mass is 9.96. The highest BCUT2D eigenvalue weighted by atomic mass is 32.1. The fourth-order valence-electron chi connectivity index (χ4n) is 4.22. The van der Waals surface area contributed by atoms with Crippen molar-refractivity contribution in [3.05, 3.63) is 34.7 Å². The Bertz CT molecular complexity index is 745. The van der Waals surface area contributed by atoms with Gasteiger partial charge in [0.05, 0.1) is 10.7 Å². The van der Waals surface area contributed by atoms with E-state index in [1.54, 1.807) is 23.5 Å². The number of halogens is 3. The molecule has 0 radical (unpaired) electrons. The summed E-state index contributed by atoms with van der Waals surface area (Å²) in [4.78, 5) is 7.42. The summed E-state index contributed by atoms with van der Waals surface area (Å²) in [5, 5.41) is 3.14. The monoisotopic (exact) mass is 396 g/mol. The number of hydrogen-bond donors (Lipinski definition) is 0. The van der Waals surface area contributed by atoms with Crippen LogP contribution >= 0.6 is 11.3 Å². The Kier molecular flexibility index (Phi) is 5.41. The molecule has 2 aromatic rings. The molecule has 0 spiro atoms. The van der Waals surface area contributed by atoms with E-state index in [9.17, 15) is 13.2 Å². The highest BCUT2D eigenvalue weighted by Crippen LogP contribution is 2.35. The zero-order valence-corrected chi connectivity index (χ0v) is 15.9. The summed E-state index contributed by atoms with van der Waals surface area (Å²) >= 11 is 1.66. The fraction of sp³-hybridized carbons (Fsp3) is 0.550. The van der Waals surface area contributed by atoms with E-state index >= 15 is 0 Å². The summed E-state index contributed by atoms with van der Waals surface area (Å²) in [5.41, 5.74) is 1.64. The minimum Gasteiger partial charge on any atom is -0.406 e. The third-order valence-electron chi connectivity index (χ3n) is 5.63. The first-order chi connectivity index (χ1) is 13.0. The second-order valence-electron chi connectivity index (χ2n) is 7.39. The number of rotatable bonds is 4. The molecule has 2 fully saturated rings. The molecule has 4 rings (SSSR count). The van der Waals surface area contributed by atoms with Gasteiger partial charge in [-0.3, -0.25) is 0 Å². The molecule has 2 heterocycles. The first-order valence-electron chi connectivity index (χ1n) is 9.53. The van der Waals surface area contributed by atoms with Gasteiger partial charge < -0.3 is 9.64 Å². The van der Waals surface area contributed by atoms with Gasteiger partial charge in [-0.2, -0.15) is 0 Å². The minimum absolute atomic E-state index is 0.207. The maximum atomic E-state index is 12.3. The lowest BCUT2D eigenvalue weighted by Gasteiger charge is -2.35. The zero-order chi connectivity index (χ0) is 18.9. The van der Waals surface area contributed by atoms with Gasteiger partial charge in [0.1, 0.15) is 5.75 Å². The van der Waals surface area contributed by atoms with Crippen LogP contribution in [0.3, 0.4) is 0 Å². The van der Waals surface area contributed by atoms with Gasteiger partial charge in [0.25, 0.3) is 0 Å². The second-order valence-corrected chi connectivity index (χ2v) is 8.28. The summed E-state index contributed by atoms with van der Waals surface area (Å²) in [6, 6.07) is 6.71. The minimum atomic E-state index is -4.66. The Morgan fingerprint density at radius 2 is 1.67 bits per heavy atom. The quantitative estimate of drug-likeness (QED) is 0.650. The Labute approximate surface area is 161 Å². The summed E-state index contributed by atoms with van der Waals surface area (Å²) in [5.74, 6) is 0.287. The van der Waals surface area contributed by atoms with Crippen LogP contribution in [0.15, 0.2) is 29.6 Å². The van der Waals surface area contributed by atoms with Gasteiger partial charge >= 0.3 is 6.36 Å². The van der Waals surface area contributed by atoms with Crippen LogP contribution < -0.4 is 4.74 Å². The van der Waals surface area contributed by atoms with Crippen LogP contribution in [0.2, 0.25) is 0 Å². The average molecular weight is 396 g/mol. The van der Waals surface area contributed by atoms with E-state index in [4.69, 9.17) is 4.98 Å². The molecule has 27 heavy (non-hydrogen) atoms. The number of nitrogens with zero attached hydrogens (tertiary/aromatic N) is 2. The van der Waals surface area contributed by atoms with Crippen LogP contribution in [0.5, 0.6) is 5.75 Å². The number of alkyl halides is 3. The Morgan fingerprint density at radius 3 is 2.30 bits per heavy atom. The maximum absolute atomic E-state index is 12.3. The lowest BCUT2D eigenvalue weighted by molar-refractivity contribution is -0.274. The predicted octanol–water partition coefficient (Wildman–Crippen LogP) is 5.83. The molecule has 1 saturated carbocycles. The van der Waals surface area contributed by atoms with Crippen LogP contribution in [-0.4, -0.2) is 35.4 Å². The SMILES string of the molecule is FC(F)(F)Oc1ccc(-c2csc(C3CCN(C4CCCC4)CC3)n2)cc1. The van der Waals surface area contributed by atoms with Crippen molar-refractivity contribution < 1.29 is 17.9 Å². The molecule has 2 aliphatic rings. The van der Waals surface area contributed by atoms with Crippen LogP contribution in [0.1, 0.15) is 49.5 Å². The Morgan fingerprint density at radius 1 is 1.00 bits per heavy atom. The van der Waals surface area contributed by atoms with Crippen molar-refractivity contribution in [1.29, 1.82) is 0 Å². The van der Waals surface area contributed by atoms with Crippen molar-refractivity contribution in [3.63, 3.8) is 0 Å². The molecule has 0 amide bonds. The number of ether oxygens (including phenoxy) is 1.